The Morgan fingerprint density at radius 1 is 1.48 bits per heavy atom. The highest BCUT2D eigenvalue weighted by Crippen LogP contribution is 2.19. The molecular formula is C13H21N3O4S. The van der Waals surface area contributed by atoms with Crippen LogP contribution in [0.5, 0.6) is 0 Å². The molecule has 1 fully saturated rings. The molecule has 21 heavy (non-hydrogen) atoms. The topological polar surface area (TPSA) is 92.5 Å². The van der Waals surface area contributed by atoms with Gasteiger partial charge >= 0.3 is 0 Å². The van der Waals surface area contributed by atoms with E-state index in [0.717, 1.165) is 18.4 Å². The van der Waals surface area contributed by atoms with Crippen molar-refractivity contribution in [3.05, 3.63) is 18.0 Å². The van der Waals surface area contributed by atoms with Crippen molar-refractivity contribution in [3.8, 4) is 0 Å². The molecular weight excluding hydrogens is 294 g/mol. The Hall–Kier alpha value is -1.41. The molecule has 0 aliphatic carbocycles. The molecule has 0 aromatic carbocycles. The maximum absolute atomic E-state index is 12.0. The zero-order valence-electron chi connectivity index (χ0n) is 12.1. The van der Waals surface area contributed by atoms with E-state index < -0.39 is 10.0 Å². The van der Waals surface area contributed by atoms with E-state index in [1.54, 1.807) is 12.5 Å². The number of sulfonamides is 1. The molecule has 1 aliphatic heterocycles. The van der Waals surface area contributed by atoms with E-state index in [9.17, 15) is 13.2 Å². The molecule has 1 aliphatic rings. The highest BCUT2D eigenvalue weighted by molar-refractivity contribution is 7.88. The van der Waals surface area contributed by atoms with E-state index >= 15 is 0 Å². The van der Waals surface area contributed by atoms with Crippen LogP contribution < -0.4 is 5.32 Å². The monoisotopic (exact) mass is 315 g/mol. The minimum Gasteiger partial charge on any atom is -0.364 e. The quantitative estimate of drug-likeness (QED) is 0.767. The summed E-state index contributed by atoms with van der Waals surface area (Å²) in [7, 11) is -3.13. The zero-order valence-corrected chi connectivity index (χ0v) is 12.9. The summed E-state index contributed by atoms with van der Waals surface area (Å²) in [6, 6.07) is 0. The van der Waals surface area contributed by atoms with Gasteiger partial charge in [0.05, 0.1) is 12.5 Å². The lowest BCUT2D eigenvalue weighted by molar-refractivity contribution is -0.126. The fourth-order valence-electron chi connectivity index (χ4n) is 2.45. The van der Waals surface area contributed by atoms with Gasteiger partial charge in [0.2, 0.25) is 15.9 Å². The number of carbonyl (C=O) groups excluding carboxylic acids is 1. The van der Waals surface area contributed by atoms with Gasteiger partial charge in [0.15, 0.2) is 0 Å². The summed E-state index contributed by atoms with van der Waals surface area (Å²) in [5, 5.41) is 6.53. The first-order chi connectivity index (χ1) is 9.97. The second-order valence-corrected chi connectivity index (χ2v) is 7.35. The normalized spacial score (nSPS) is 17.8. The number of aromatic nitrogens is 1. The first kappa shape index (κ1) is 16.0. The van der Waals surface area contributed by atoms with Crippen LogP contribution in [0.2, 0.25) is 0 Å². The molecule has 7 nitrogen and oxygen atoms in total. The van der Waals surface area contributed by atoms with E-state index in [2.05, 4.69) is 10.5 Å². The van der Waals surface area contributed by atoms with E-state index in [1.807, 2.05) is 0 Å². The number of hydrogen-bond donors (Lipinski definition) is 1. The molecule has 2 heterocycles. The summed E-state index contributed by atoms with van der Waals surface area (Å²) in [5.41, 5.74) is 1.02. The Bertz CT molecular complexity index is 548. The summed E-state index contributed by atoms with van der Waals surface area (Å²) in [6.07, 6.45) is 7.30. The molecule has 1 amide bonds. The fourth-order valence-corrected chi connectivity index (χ4v) is 3.32. The first-order valence-corrected chi connectivity index (χ1v) is 8.93. The van der Waals surface area contributed by atoms with Gasteiger partial charge in [0.1, 0.15) is 6.26 Å². The van der Waals surface area contributed by atoms with Gasteiger partial charge in [-0.05, 0) is 25.7 Å². The molecule has 0 bridgehead atoms. The molecule has 0 atom stereocenters. The average Bonchev–Trinajstić information content (AvgIpc) is 2.96. The molecule has 118 valence electrons. The summed E-state index contributed by atoms with van der Waals surface area (Å²) in [4.78, 5) is 12.0. The highest BCUT2D eigenvalue weighted by Gasteiger charge is 2.28. The molecule has 1 N–H and O–H groups in total. The van der Waals surface area contributed by atoms with Crippen LogP contribution in [0.25, 0.3) is 0 Å². The van der Waals surface area contributed by atoms with Crippen LogP contribution in [0.4, 0.5) is 0 Å². The van der Waals surface area contributed by atoms with Gasteiger partial charge in [-0.25, -0.2) is 12.7 Å². The van der Waals surface area contributed by atoms with Crippen molar-refractivity contribution in [3.63, 3.8) is 0 Å². The maximum atomic E-state index is 12.0. The second kappa shape index (κ2) is 7.04. The third-order valence-electron chi connectivity index (χ3n) is 3.72. The van der Waals surface area contributed by atoms with Crippen LogP contribution in [0.15, 0.2) is 17.0 Å². The fraction of sp³-hybridized carbons (Fsp3) is 0.692. The Morgan fingerprint density at radius 3 is 2.76 bits per heavy atom. The van der Waals surface area contributed by atoms with E-state index in [4.69, 9.17) is 4.52 Å². The van der Waals surface area contributed by atoms with Crippen molar-refractivity contribution >= 4 is 15.9 Å². The van der Waals surface area contributed by atoms with Crippen molar-refractivity contribution in [2.45, 2.75) is 25.7 Å². The predicted octanol–water partition coefficient (Wildman–Crippen LogP) is 0.395. The molecule has 0 saturated carbocycles. The SMILES string of the molecule is CS(=O)(=O)N1CCC(C(=O)NCCCc2cnoc2)CC1. The molecule has 8 heteroatoms. The largest absolute Gasteiger partial charge is 0.364 e. The smallest absolute Gasteiger partial charge is 0.223 e. The Kier molecular flexibility index (Phi) is 5.35. The standard InChI is InChI=1S/C13H21N3O4S/c1-21(18,19)16-7-4-12(5-8-16)13(17)14-6-2-3-11-9-15-20-10-11/h9-10,12H,2-8H2,1H3,(H,14,17). The average molecular weight is 315 g/mol. The third kappa shape index (κ3) is 4.82. The Balaban J connectivity index is 1.65. The lowest BCUT2D eigenvalue weighted by atomic mass is 9.97. The minimum absolute atomic E-state index is 0.0217. The summed E-state index contributed by atoms with van der Waals surface area (Å²) in [6.45, 7) is 1.46. The van der Waals surface area contributed by atoms with Gasteiger partial charge in [-0.1, -0.05) is 5.16 Å². The van der Waals surface area contributed by atoms with Crippen molar-refractivity contribution in [2.75, 3.05) is 25.9 Å². The van der Waals surface area contributed by atoms with Crippen LogP contribution in [-0.2, 0) is 21.2 Å². The molecule has 0 radical (unpaired) electrons. The van der Waals surface area contributed by atoms with Gasteiger partial charge in [0, 0.05) is 31.1 Å². The summed E-state index contributed by atoms with van der Waals surface area (Å²) in [5.74, 6) is -0.0629. The molecule has 1 aromatic heterocycles. The minimum atomic E-state index is -3.13. The van der Waals surface area contributed by atoms with Crippen LogP contribution in [-0.4, -0.2) is 49.7 Å². The molecule has 0 unspecified atom stereocenters. The number of piperidine rings is 1. The number of carbonyl (C=O) groups is 1. The van der Waals surface area contributed by atoms with Gasteiger partial charge < -0.3 is 9.84 Å². The number of aryl methyl sites for hydroxylation is 1. The maximum Gasteiger partial charge on any atom is 0.223 e. The van der Waals surface area contributed by atoms with Crippen molar-refractivity contribution in [2.24, 2.45) is 5.92 Å². The van der Waals surface area contributed by atoms with Gasteiger partial charge in [0.25, 0.3) is 0 Å². The van der Waals surface area contributed by atoms with Crippen molar-refractivity contribution in [1.29, 1.82) is 0 Å². The zero-order chi connectivity index (χ0) is 15.3. The Labute approximate surface area is 124 Å². The van der Waals surface area contributed by atoms with E-state index in [-0.39, 0.29) is 11.8 Å². The Morgan fingerprint density at radius 2 is 2.19 bits per heavy atom. The lowest BCUT2D eigenvalue weighted by Gasteiger charge is -2.29. The van der Waals surface area contributed by atoms with Gasteiger partial charge in [-0.3, -0.25) is 4.79 Å². The molecule has 2 rings (SSSR count). The molecule has 1 aromatic rings. The summed E-state index contributed by atoms with van der Waals surface area (Å²) >= 11 is 0. The highest BCUT2D eigenvalue weighted by atomic mass is 32.2. The summed E-state index contributed by atoms with van der Waals surface area (Å²) < 4.78 is 29.0. The van der Waals surface area contributed by atoms with Crippen LogP contribution in [0.1, 0.15) is 24.8 Å². The first-order valence-electron chi connectivity index (χ1n) is 7.08. The number of nitrogens with zero attached hydrogens (tertiary/aromatic N) is 2. The lowest BCUT2D eigenvalue weighted by Crippen LogP contribution is -2.42. The second-order valence-electron chi connectivity index (χ2n) is 5.36. The predicted molar refractivity (Wildman–Crippen MR) is 77.0 cm³/mol. The van der Waals surface area contributed by atoms with Crippen LogP contribution in [0, 0.1) is 5.92 Å². The number of rotatable bonds is 6. The van der Waals surface area contributed by atoms with Crippen LogP contribution in [0.3, 0.4) is 0 Å². The number of nitrogens with one attached hydrogen (secondary N) is 1. The van der Waals surface area contributed by atoms with Gasteiger partial charge in [-0.15, -0.1) is 0 Å². The number of amides is 1. The number of hydrogen-bond acceptors (Lipinski definition) is 5. The third-order valence-corrected chi connectivity index (χ3v) is 5.02. The van der Waals surface area contributed by atoms with Crippen LogP contribution >= 0.6 is 0 Å². The van der Waals surface area contributed by atoms with E-state index in [1.165, 1.54) is 10.6 Å². The van der Waals surface area contributed by atoms with Crippen molar-refractivity contribution in [1.82, 2.24) is 14.8 Å². The van der Waals surface area contributed by atoms with E-state index in [0.29, 0.717) is 32.5 Å². The van der Waals surface area contributed by atoms with Crippen molar-refractivity contribution < 1.29 is 17.7 Å². The molecule has 0 spiro atoms. The van der Waals surface area contributed by atoms with Gasteiger partial charge in [-0.2, -0.15) is 0 Å². The molecule has 1 saturated heterocycles.